The Bertz CT molecular complexity index is 310. The average molecular weight is 194 g/mol. The molecule has 1 heterocycles. The molecule has 1 aliphatic carbocycles. The van der Waals surface area contributed by atoms with Gasteiger partial charge in [0.25, 0.3) is 0 Å². The number of rotatable bonds is 4. The maximum Gasteiger partial charge on any atom is 0.146 e. The normalized spacial score (nSPS) is 18.1. The predicted octanol–water partition coefficient (Wildman–Crippen LogP) is 2.28. The smallest absolute Gasteiger partial charge is 0.146 e. The molecule has 1 aromatic rings. The van der Waals surface area contributed by atoms with Gasteiger partial charge in [0, 0.05) is 6.20 Å². The lowest BCUT2D eigenvalue weighted by atomic mass is 10.1. The number of nitrogens with one attached hydrogen (secondary N) is 1. The third-order valence-corrected chi connectivity index (χ3v) is 2.60. The Hall–Kier alpha value is -0.960. The van der Waals surface area contributed by atoms with Crippen LogP contribution in [0.4, 0.5) is 4.39 Å². The van der Waals surface area contributed by atoms with Gasteiger partial charge in [-0.2, -0.15) is 0 Å². The zero-order valence-corrected chi connectivity index (χ0v) is 8.33. The summed E-state index contributed by atoms with van der Waals surface area (Å²) >= 11 is 0. The molecule has 3 heteroatoms. The lowest BCUT2D eigenvalue weighted by Crippen LogP contribution is -2.24. The van der Waals surface area contributed by atoms with Crippen LogP contribution in [0.15, 0.2) is 18.3 Å². The van der Waals surface area contributed by atoms with Gasteiger partial charge >= 0.3 is 0 Å². The van der Waals surface area contributed by atoms with E-state index < -0.39 is 0 Å². The molecule has 0 aliphatic heterocycles. The zero-order valence-electron chi connectivity index (χ0n) is 8.33. The Balaban J connectivity index is 2.21. The SMILES string of the molecule is CCNC(c1ncccc1F)C1CC1. The summed E-state index contributed by atoms with van der Waals surface area (Å²) in [5.41, 5.74) is 0.580. The van der Waals surface area contributed by atoms with E-state index in [1.54, 1.807) is 12.3 Å². The summed E-state index contributed by atoms with van der Waals surface area (Å²) < 4.78 is 13.4. The van der Waals surface area contributed by atoms with E-state index in [2.05, 4.69) is 10.3 Å². The number of hydrogen-bond acceptors (Lipinski definition) is 2. The first-order valence-corrected chi connectivity index (χ1v) is 5.16. The van der Waals surface area contributed by atoms with Crippen molar-refractivity contribution in [3.8, 4) is 0 Å². The van der Waals surface area contributed by atoms with Crippen molar-refractivity contribution in [3.63, 3.8) is 0 Å². The van der Waals surface area contributed by atoms with Crippen LogP contribution in [0.5, 0.6) is 0 Å². The largest absolute Gasteiger partial charge is 0.309 e. The van der Waals surface area contributed by atoms with Crippen molar-refractivity contribution in [2.24, 2.45) is 5.92 Å². The quantitative estimate of drug-likeness (QED) is 0.795. The first kappa shape index (κ1) is 9.59. The number of pyridine rings is 1. The van der Waals surface area contributed by atoms with E-state index in [1.807, 2.05) is 6.92 Å². The molecule has 1 saturated carbocycles. The van der Waals surface area contributed by atoms with Crippen LogP contribution in [0.2, 0.25) is 0 Å². The molecule has 1 aromatic heterocycles. The van der Waals surface area contributed by atoms with Gasteiger partial charge in [0.2, 0.25) is 0 Å². The first-order valence-electron chi connectivity index (χ1n) is 5.16. The summed E-state index contributed by atoms with van der Waals surface area (Å²) in [6, 6.07) is 3.23. The fourth-order valence-electron chi connectivity index (χ4n) is 1.76. The van der Waals surface area contributed by atoms with Gasteiger partial charge in [-0.3, -0.25) is 4.98 Å². The van der Waals surface area contributed by atoms with Crippen LogP contribution in [-0.4, -0.2) is 11.5 Å². The summed E-state index contributed by atoms with van der Waals surface area (Å²) in [6.45, 7) is 2.90. The molecule has 76 valence electrons. The highest BCUT2D eigenvalue weighted by Crippen LogP contribution is 2.40. The Morgan fingerprint density at radius 1 is 1.64 bits per heavy atom. The lowest BCUT2D eigenvalue weighted by Gasteiger charge is -2.16. The molecule has 1 unspecified atom stereocenters. The molecule has 1 N–H and O–H groups in total. The summed E-state index contributed by atoms with van der Waals surface area (Å²) in [4.78, 5) is 4.12. The third-order valence-electron chi connectivity index (χ3n) is 2.60. The maximum absolute atomic E-state index is 13.4. The minimum absolute atomic E-state index is 0.112. The molecular formula is C11H15FN2. The second-order valence-corrected chi connectivity index (χ2v) is 3.74. The number of halogens is 1. The van der Waals surface area contributed by atoms with Gasteiger partial charge in [-0.15, -0.1) is 0 Å². The molecule has 0 spiro atoms. The van der Waals surface area contributed by atoms with Gasteiger partial charge in [-0.05, 0) is 37.4 Å². The van der Waals surface area contributed by atoms with Crippen molar-refractivity contribution in [2.75, 3.05) is 6.54 Å². The van der Waals surface area contributed by atoms with E-state index in [1.165, 1.54) is 18.9 Å². The molecule has 1 aliphatic rings. The van der Waals surface area contributed by atoms with E-state index in [0.717, 1.165) is 6.54 Å². The standard InChI is InChI=1S/C11H15FN2/c1-2-13-10(8-5-6-8)11-9(12)4-3-7-14-11/h3-4,7-8,10,13H,2,5-6H2,1H3. The van der Waals surface area contributed by atoms with E-state index >= 15 is 0 Å². The molecule has 0 radical (unpaired) electrons. The second kappa shape index (κ2) is 4.05. The minimum atomic E-state index is -0.189. The minimum Gasteiger partial charge on any atom is -0.309 e. The van der Waals surface area contributed by atoms with Crippen LogP contribution in [0.3, 0.4) is 0 Å². The highest BCUT2D eigenvalue weighted by Gasteiger charge is 2.33. The van der Waals surface area contributed by atoms with E-state index in [4.69, 9.17) is 0 Å². The Morgan fingerprint density at radius 2 is 2.43 bits per heavy atom. The summed E-state index contributed by atoms with van der Waals surface area (Å²) in [5.74, 6) is 0.393. The molecule has 0 aromatic carbocycles. The number of aromatic nitrogens is 1. The van der Waals surface area contributed by atoms with Gasteiger partial charge in [0.15, 0.2) is 0 Å². The highest BCUT2D eigenvalue weighted by atomic mass is 19.1. The highest BCUT2D eigenvalue weighted by molar-refractivity contribution is 5.14. The summed E-state index contributed by atoms with van der Waals surface area (Å²) in [5, 5.41) is 3.30. The molecule has 2 nitrogen and oxygen atoms in total. The first-order chi connectivity index (χ1) is 6.83. The summed E-state index contributed by atoms with van der Waals surface area (Å²) in [7, 11) is 0. The van der Waals surface area contributed by atoms with Crippen LogP contribution < -0.4 is 5.32 Å². The number of hydrogen-bond donors (Lipinski definition) is 1. The van der Waals surface area contributed by atoms with E-state index in [0.29, 0.717) is 11.6 Å². The van der Waals surface area contributed by atoms with Gasteiger partial charge in [0.05, 0.1) is 11.7 Å². The summed E-state index contributed by atoms with van der Waals surface area (Å²) in [6.07, 6.45) is 4.03. The van der Waals surface area contributed by atoms with Crippen LogP contribution >= 0.6 is 0 Å². The third kappa shape index (κ3) is 1.93. The second-order valence-electron chi connectivity index (χ2n) is 3.74. The van der Waals surface area contributed by atoms with Crippen LogP contribution in [0.25, 0.3) is 0 Å². The van der Waals surface area contributed by atoms with Crippen molar-refractivity contribution in [2.45, 2.75) is 25.8 Å². The van der Waals surface area contributed by atoms with Gasteiger partial charge in [0.1, 0.15) is 5.82 Å². The number of nitrogens with zero attached hydrogens (tertiary/aromatic N) is 1. The molecule has 1 fully saturated rings. The molecule has 0 amide bonds. The molecule has 0 bridgehead atoms. The Morgan fingerprint density at radius 3 is 3.00 bits per heavy atom. The Labute approximate surface area is 83.6 Å². The molecular weight excluding hydrogens is 179 g/mol. The monoisotopic (exact) mass is 194 g/mol. The lowest BCUT2D eigenvalue weighted by molar-refractivity contribution is 0.455. The van der Waals surface area contributed by atoms with Crippen molar-refractivity contribution in [1.82, 2.24) is 10.3 Å². The predicted molar refractivity (Wildman–Crippen MR) is 53.3 cm³/mol. The molecule has 14 heavy (non-hydrogen) atoms. The Kier molecular flexibility index (Phi) is 2.77. The van der Waals surface area contributed by atoms with Crippen molar-refractivity contribution < 1.29 is 4.39 Å². The van der Waals surface area contributed by atoms with Crippen LogP contribution in [0, 0.1) is 11.7 Å². The van der Waals surface area contributed by atoms with Gasteiger partial charge in [-0.25, -0.2) is 4.39 Å². The molecule has 0 saturated heterocycles. The van der Waals surface area contributed by atoms with E-state index in [-0.39, 0.29) is 11.9 Å². The maximum atomic E-state index is 13.4. The molecule has 2 rings (SSSR count). The average Bonchev–Trinajstić information content (AvgIpc) is 2.99. The van der Waals surface area contributed by atoms with Crippen molar-refractivity contribution in [3.05, 3.63) is 29.8 Å². The van der Waals surface area contributed by atoms with Gasteiger partial charge in [-0.1, -0.05) is 6.92 Å². The fourth-order valence-corrected chi connectivity index (χ4v) is 1.76. The molecule has 1 atom stereocenters. The van der Waals surface area contributed by atoms with Crippen LogP contribution in [-0.2, 0) is 0 Å². The zero-order chi connectivity index (χ0) is 9.97. The van der Waals surface area contributed by atoms with Crippen molar-refractivity contribution >= 4 is 0 Å². The van der Waals surface area contributed by atoms with Crippen molar-refractivity contribution in [1.29, 1.82) is 0 Å². The topological polar surface area (TPSA) is 24.9 Å². The van der Waals surface area contributed by atoms with Crippen LogP contribution in [0.1, 0.15) is 31.5 Å². The van der Waals surface area contributed by atoms with E-state index in [9.17, 15) is 4.39 Å². The fraction of sp³-hybridized carbons (Fsp3) is 0.545. The van der Waals surface area contributed by atoms with Gasteiger partial charge < -0.3 is 5.32 Å².